The van der Waals surface area contributed by atoms with E-state index in [1.54, 1.807) is 13.2 Å². The first-order chi connectivity index (χ1) is 17.5. The molecule has 0 bridgehead atoms. The van der Waals surface area contributed by atoms with Gasteiger partial charge in [0.05, 0.1) is 30.5 Å². The van der Waals surface area contributed by atoms with E-state index in [1.807, 2.05) is 42.5 Å². The summed E-state index contributed by atoms with van der Waals surface area (Å²) in [6.07, 6.45) is 2.23. The highest BCUT2D eigenvalue weighted by Crippen LogP contribution is 2.33. The van der Waals surface area contributed by atoms with Crippen molar-refractivity contribution in [1.82, 2.24) is 9.80 Å². The summed E-state index contributed by atoms with van der Waals surface area (Å²) in [4.78, 5) is 32.6. The van der Waals surface area contributed by atoms with E-state index in [0.29, 0.717) is 11.1 Å². The summed E-state index contributed by atoms with van der Waals surface area (Å²) < 4.78 is 5.21. The van der Waals surface area contributed by atoms with E-state index >= 15 is 0 Å². The average Bonchev–Trinajstić information content (AvgIpc) is 3.15. The Bertz CT molecular complexity index is 1280. The maximum atomic E-state index is 13.4. The maximum absolute atomic E-state index is 13.4. The van der Waals surface area contributed by atoms with Crippen LogP contribution in [0.2, 0.25) is 0 Å². The van der Waals surface area contributed by atoms with Crippen LogP contribution >= 0.6 is 0 Å². The number of fused-ring (bicyclic) bond motifs is 1. The van der Waals surface area contributed by atoms with Crippen molar-refractivity contribution in [1.29, 1.82) is 0 Å². The minimum absolute atomic E-state index is 0.217. The van der Waals surface area contributed by atoms with Crippen LogP contribution in [-0.2, 0) is 6.54 Å². The zero-order valence-corrected chi connectivity index (χ0v) is 20.8. The Morgan fingerprint density at radius 2 is 1.58 bits per heavy atom. The van der Waals surface area contributed by atoms with Crippen molar-refractivity contribution in [2.24, 2.45) is 0 Å². The number of amides is 2. The fraction of sp³-hybridized carbons (Fsp3) is 0.267. The Hall–Kier alpha value is -3.90. The molecule has 0 spiro atoms. The summed E-state index contributed by atoms with van der Waals surface area (Å²) in [5, 5.41) is 0. The maximum Gasteiger partial charge on any atom is 0.263 e. The summed E-state index contributed by atoms with van der Waals surface area (Å²) in [5.74, 6) is 0.298. The number of methoxy groups -OCH3 is 1. The van der Waals surface area contributed by atoms with Gasteiger partial charge < -0.3 is 9.64 Å². The Labute approximate surface area is 212 Å². The number of imide groups is 1. The molecule has 2 aliphatic heterocycles. The third kappa shape index (κ3) is 4.90. The highest BCUT2D eigenvalue weighted by molar-refractivity contribution is 6.23. The lowest BCUT2D eigenvalue weighted by Gasteiger charge is -2.37. The number of anilines is 1. The first-order valence-electron chi connectivity index (χ1n) is 12.3. The smallest absolute Gasteiger partial charge is 0.263 e. The molecule has 2 aliphatic rings. The van der Waals surface area contributed by atoms with Crippen molar-refractivity contribution in [2.75, 3.05) is 44.7 Å². The molecule has 6 heteroatoms. The van der Waals surface area contributed by atoms with Crippen LogP contribution in [0.25, 0.3) is 6.08 Å². The van der Waals surface area contributed by atoms with Gasteiger partial charge in [-0.15, -0.1) is 0 Å². The van der Waals surface area contributed by atoms with Gasteiger partial charge in [-0.3, -0.25) is 19.4 Å². The molecule has 0 aliphatic carbocycles. The van der Waals surface area contributed by atoms with Gasteiger partial charge >= 0.3 is 0 Å². The van der Waals surface area contributed by atoms with Crippen molar-refractivity contribution in [3.8, 4) is 5.75 Å². The molecule has 2 amide bonds. The molecular weight excluding hydrogens is 450 g/mol. The van der Waals surface area contributed by atoms with Gasteiger partial charge in [-0.2, -0.15) is 0 Å². The lowest BCUT2D eigenvalue weighted by Crippen LogP contribution is -2.47. The van der Waals surface area contributed by atoms with Crippen molar-refractivity contribution in [3.63, 3.8) is 0 Å². The molecule has 0 aromatic heterocycles. The molecule has 1 saturated heterocycles. The van der Waals surface area contributed by atoms with Gasteiger partial charge in [0.2, 0.25) is 0 Å². The Kier molecular flexibility index (Phi) is 6.87. The third-order valence-electron chi connectivity index (χ3n) is 6.88. The number of nitrogens with zero attached hydrogens (tertiary/aromatic N) is 3. The topological polar surface area (TPSA) is 53.1 Å². The highest BCUT2D eigenvalue weighted by Gasteiger charge is 2.38. The summed E-state index contributed by atoms with van der Waals surface area (Å²) in [6, 6.07) is 23.5. The van der Waals surface area contributed by atoms with Crippen molar-refractivity contribution < 1.29 is 14.3 Å². The summed E-state index contributed by atoms with van der Waals surface area (Å²) in [5.41, 5.74) is 5.32. The van der Waals surface area contributed by atoms with Crippen LogP contribution in [0.3, 0.4) is 0 Å². The fourth-order valence-corrected chi connectivity index (χ4v) is 5.02. The summed E-state index contributed by atoms with van der Waals surface area (Å²) in [6.45, 7) is 6.77. The van der Waals surface area contributed by atoms with E-state index in [9.17, 15) is 9.59 Å². The Balaban J connectivity index is 1.26. The van der Waals surface area contributed by atoms with Crippen LogP contribution in [0, 0.1) is 0 Å². The van der Waals surface area contributed by atoms with Crippen LogP contribution in [0.4, 0.5) is 5.69 Å². The molecule has 1 fully saturated rings. The molecule has 0 radical (unpaired) electrons. The highest BCUT2D eigenvalue weighted by atomic mass is 16.5. The SMILES string of the molecule is COc1ccc(CN2C(=O)c3cccc(N4CCN(C/C(C)=C/c5ccccc5)CC4)c3C2=O)cc1. The second kappa shape index (κ2) is 10.4. The molecule has 0 saturated carbocycles. The minimum atomic E-state index is -0.229. The van der Waals surface area contributed by atoms with Crippen molar-refractivity contribution in [3.05, 3.63) is 101 Å². The number of carbonyl (C=O) groups is 2. The van der Waals surface area contributed by atoms with Crippen LogP contribution in [0.1, 0.15) is 38.8 Å². The predicted molar refractivity (Wildman–Crippen MR) is 142 cm³/mol. The lowest BCUT2D eigenvalue weighted by atomic mass is 10.1. The van der Waals surface area contributed by atoms with Crippen molar-refractivity contribution in [2.45, 2.75) is 13.5 Å². The standard InChI is InChI=1S/C30H31N3O3/c1-22(19-23-7-4-3-5-8-23)20-31-15-17-32(18-16-31)27-10-6-9-26-28(27)30(35)33(29(26)34)21-24-11-13-25(36-2)14-12-24/h3-14,19H,15-18,20-21H2,1-2H3/b22-19+. The van der Waals surface area contributed by atoms with E-state index < -0.39 is 0 Å². The number of carbonyl (C=O) groups excluding carboxylic acids is 2. The quantitative estimate of drug-likeness (QED) is 0.457. The van der Waals surface area contributed by atoms with Crippen LogP contribution in [-0.4, -0.2) is 61.4 Å². The Morgan fingerprint density at radius 1 is 0.861 bits per heavy atom. The first kappa shape index (κ1) is 23.8. The van der Waals surface area contributed by atoms with Gasteiger partial charge in [0, 0.05) is 32.7 Å². The molecule has 36 heavy (non-hydrogen) atoms. The largest absolute Gasteiger partial charge is 0.497 e. The number of hydrogen-bond donors (Lipinski definition) is 0. The number of hydrogen-bond acceptors (Lipinski definition) is 5. The van der Waals surface area contributed by atoms with Crippen LogP contribution < -0.4 is 9.64 Å². The second-order valence-corrected chi connectivity index (χ2v) is 9.41. The van der Waals surface area contributed by atoms with E-state index in [0.717, 1.165) is 49.7 Å². The van der Waals surface area contributed by atoms with Gasteiger partial charge in [-0.1, -0.05) is 60.2 Å². The van der Waals surface area contributed by atoms with E-state index in [-0.39, 0.29) is 18.4 Å². The van der Waals surface area contributed by atoms with E-state index in [4.69, 9.17) is 4.74 Å². The molecule has 2 heterocycles. The molecule has 3 aromatic rings. The number of rotatable bonds is 7. The zero-order valence-electron chi connectivity index (χ0n) is 20.8. The zero-order chi connectivity index (χ0) is 25.1. The van der Waals surface area contributed by atoms with Gasteiger partial charge in [0.1, 0.15) is 5.75 Å². The minimum Gasteiger partial charge on any atom is -0.497 e. The van der Waals surface area contributed by atoms with Gasteiger partial charge in [-0.25, -0.2) is 0 Å². The number of ether oxygens (including phenoxy) is 1. The van der Waals surface area contributed by atoms with Crippen molar-refractivity contribution >= 4 is 23.6 Å². The molecule has 6 nitrogen and oxygen atoms in total. The number of benzene rings is 3. The monoisotopic (exact) mass is 481 g/mol. The molecule has 0 unspecified atom stereocenters. The normalized spacial score (nSPS) is 16.4. The van der Waals surface area contributed by atoms with Gasteiger partial charge in [-0.05, 0) is 42.3 Å². The molecule has 3 aromatic carbocycles. The molecule has 0 N–H and O–H groups in total. The van der Waals surface area contributed by atoms with E-state index in [2.05, 4.69) is 47.1 Å². The van der Waals surface area contributed by atoms with Crippen LogP contribution in [0.15, 0.2) is 78.4 Å². The summed E-state index contributed by atoms with van der Waals surface area (Å²) >= 11 is 0. The van der Waals surface area contributed by atoms with E-state index in [1.165, 1.54) is 16.0 Å². The summed E-state index contributed by atoms with van der Waals surface area (Å²) in [7, 11) is 1.61. The molecule has 0 atom stereocenters. The molecule has 184 valence electrons. The van der Waals surface area contributed by atoms with Gasteiger partial charge in [0.15, 0.2) is 0 Å². The fourth-order valence-electron chi connectivity index (χ4n) is 5.02. The van der Waals surface area contributed by atoms with Gasteiger partial charge in [0.25, 0.3) is 11.8 Å². The molecule has 5 rings (SSSR count). The third-order valence-corrected chi connectivity index (χ3v) is 6.88. The predicted octanol–water partition coefficient (Wildman–Crippen LogP) is 4.72. The Morgan fingerprint density at radius 3 is 2.28 bits per heavy atom. The van der Waals surface area contributed by atoms with Crippen LogP contribution in [0.5, 0.6) is 5.75 Å². The molecular formula is C30H31N3O3. The lowest BCUT2D eigenvalue weighted by molar-refractivity contribution is 0.0642. The first-order valence-corrected chi connectivity index (χ1v) is 12.3. The average molecular weight is 482 g/mol. The number of piperazine rings is 1. The second-order valence-electron chi connectivity index (χ2n) is 9.41.